The highest BCUT2D eigenvalue weighted by Crippen LogP contribution is 2.19. The number of hydrogen-bond acceptors (Lipinski definition) is 5. The van der Waals surface area contributed by atoms with E-state index in [1.54, 1.807) is 0 Å². The molecule has 368 valence electrons. The van der Waals surface area contributed by atoms with Crippen LogP contribution >= 0.6 is 0 Å². The van der Waals surface area contributed by atoms with Crippen LogP contribution in [0.2, 0.25) is 0 Å². The standard InChI is InChI=1S/C56H109NO5/c1-4-7-10-13-16-19-22-25-27-28-30-32-35-38-41-44-47-52(62-56(61)49-46-43-40-37-34-29-24-21-18-15-12-9-6-3)50-55(60)57-53(51-58)54(59)48-45-42-39-36-33-31-26-23-20-17-14-11-8-5-2/h29,34,52-54,58-59H,4-28,30-33,35-51H2,1-3H3,(H,57,60)/b34-29-. The zero-order valence-electron chi connectivity index (χ0n) is 42.0. The van der Waals surface area contributed by atoms with E-state index in [0.717, 1.165) is 51.4 Å². The third kappa shape index (κ3) is 45.2. The Bertz CT molecular complexity index is 939. The number of nitrogens with one attached hydrogen (secondary N) is 1. The Labute approximate surface area is 387 Å². The lowest BCUT2D eigenvalue weighted by Gasteiger charge is -2.24. The monoisotopic (exact) mass is 876 g/mol. The van der Waals surface area contributed by atoms with Crippen LogP contribution in [-0.4, -0.2) is 46.9 Å². The lowest BCUT2D eigenvalue weighted by atomic mass is 10.0. The van der Waals surface area contributed by atoms with Gasteiger partial charge in [-0.3, -0.25) is 9.59 Å². The predicted molar refractivity (Wildman–Crippen MR) is 269 cm³/mol. The second-order valence-electron chi connectivity index (χ2n) is 19.3. The zero-order valence-corrected chi connectivity index (χ0v) is 42.0. The number of carbonyl (C=O) groups excluding carboxylic acids is 2. The Hall–Kier alpha value is -1.40. The van der Waals surface area contributed by atoms with Gasteiger partial charge in [0, 0.05) is 6.42 Å². The molecule has 0 aromatic rings. The Morgan fingerprint density at radius 2 is 0.774 bits per heavy atom. The van der Waals surface area contributed by atoms with Crippen molar-refractivity contribution in [1.82, 2.24) is 5.32 Å². The highest BCUT2D eigenvalue weighted by Gasteiger charge is 2.24. The first-order valence-electron chi connectivity index (χ1n) is 27.9. The molecule has 0 rings (SSSR count). The fraction of sp³-hybridized carbons (Fsp3) is 0.929. The van der Waals surface area contributed by atoms with Crippen molar-refractivity contribution in [3.63, 3.8) is 0 Å². The summed E-state index contributed by atoms with van der Waals surface area (Å²) in [6.45, 7) is 6.51. The molecule has 1 amide bonds. The van der Waals surface area contributed by atoms with Crippen LogP contribution in [0, 0.1) is 0 Å². The summed E-state index contributed by atoms with van der Waals surface area (Å²) in [7, 11) is 0. The summed E-state index contributed by atoms with van der Waals surface area (Å²) in [5.74, 6) is -0.472. The van der Waals surface area contributed by atoms with Crippen molar-refractivity contribution in [3.8, 4) is 0 Å². The Morgan fingerprint density at radius 3 is 1.15 bits per heavy atom. The van der Waals surface area contributed by atoms with E-state index >= 15 is 0 Å². The lowest BCUT2D eigenvalue weighted by Crippen LogP contribution is -2.46. The molecule has 0 heterocycles. The van der Waals surface area contributed by atoms with Gasteiger partial charge < -0.3 is 20.3 Å². The number of aliphatic hydroxyl groups excluding tert-OH is 2. The number of aliphatic hydroxyl groups is 2. The number of carbonyl (C=O) groups is 2. The smallest absolute Gasteiger partial charge is 0.306 e. The maximum Gasteiger partial charge on any atom is 0.306 e. The molecule has 0 spiro atoms. The van der Waals surface area contributed by atoms with Crippen LogP contribution < -0.4 is 5.32 Å². The number of rotatable bonds is 51. The number of esters is 1. The van der Waals surface area contributed by atoms with Crippen LogP contribution in [-0.2, 0) is 14.3 Å². The van der Waals surface area contributed by atoms with E-state index in [9.17, 15) is 19.8 Å². The van der Waals surface area contributed by atoms with Gasteiger partial charge in [0.15, 0.2) is 0 Å². The molecule has 3 unspecified atom stereocenters. The van der Waals surface area contributed by atoms with E-state index in [1.807, 2.05) is 0 Å². The van der Waals surface area contributed by atoms with Gasteiger partial charge in [-0.15, -0.1) is 0 Å². The second kappa shape index (κ2) is 50.6. The SMILES string of the molecule is CCCCCCCC/C=C\CCCCCC(=O)OC(CCCCCCCCCCCCCCCCCC)CC(=O)NC(CO)C(O)CCCCCCCCCCCCCCCC. The third-order valence-corrected chi connectivity index (χ3v) is 13.1. The maximum absolute atomic E-state index is 13.2. The van der Waals surface area contributed by atoms with Crippen LogP contribution in [0.3, 0.4) is 0 Å². The molecule has 0 radical (unpaired) electrons. The first-order chi connectivity index (χ1) is 30.5. The normalized spacial score (nSPS) is 13.2. The van der Waals surface area contributed by atoms with Gasteiger partial charge >= 0.3 is 5.97 Å². The van der Waals surface area contributed by atoms with Gasteiger partial charge in [0.05, 0.1) is 25.2 Å². The minimum atomic E-state index is -0.784. The highest BCUT2D eigenvalue weighted by atomic mass is 16.5. The molecule has 0 aromatic carbocycles. The average molecular weight is 876 g/mol. The number of amides is 1. The predicted octanol–water partition coefficient (Wildman–Crippen LogP) is 16.9. The molecule has 6 heteroatoms. The number of ether oxygens (including phenoxy) is 1. The molecule has 0 aliphatic heterocycles. The zero-order chi connectivity index (χ0) is 45.2. The van der Waals surface area contributed by atoms with Crippen molar-refractivity contribution < 1.29 is 24.5 Å². The summed E-state index contributed by atoms with van der Waals surface area (Å²) in [5, 5.41) is 23.8. The number of allylic oxidation sites excluding steroid dienone is 2. The van der Waals surface area contributed by atoms with Crippen LogP contribution in [0.15, 0.2) is 12.2 Å². The quantitative estimate of drug-likeness (QED) is 0.0321. The molecule has 0 aliphatic carbocycles. The van der Waals surface area contributed by atoms with Crippen molar-refractivity contribution in [1.29, 1.82) is 0 Å². The molecule has 62 heavy (non-hydrogen) atoms. The highest BCUT2D eigenvalue weighted by molar-refractivity contribution is 5.77. The van der Waals surface area contributed by atoms with E-state index in [2.05, 4.69) is 38.2 Å². The summed E-state index contributed by atoms with van der Waals surface area (Å²) in [5.41, 5.74) is 0. The molecule has 0 aliphatic rings. The number of unbranched alkanes of at least 4 members (excludes halogenated alkanes) is 37. The average Bonchev–Trinajstić information content (AvgIpc) is 3.26. The summed E-state index contributed by atoms with van der Waals surface area (Å²) in [4.78, 5) is 26.2. The first-order valence-corrected chi connectivity index (χ1v) is 27.9. The van der Waals surface area contributed by atoms with E-state index in [1.165, 1.54) is 212 Å². The topological polar surface area (TPSA) is 95.9 Å². The van der Waals surface area contributed by atoms with Crippen molar-refractivity contribution >= 4 is 11.9 Å². The largest absolute Gasteiger partial charge is 0.462 e. The van der Waals surface area contributed by atoms with Gasteiger partial charge in [0.25, 0.3) is 0 Å². The summed E-state index contributed by atoms with van der Waals surface area (Å²) in [6, 6.07) is -0.698. The molecular formula is C56H109NO5. The van der Waals surface area contributed by atoms with Gasteiger partial charge in [0.1, 0.15) is 6.10 Å². The first kappa shape index (κ1) is 60.6. The molecule has 0 aromatic heterocycles. The van der Waals surface area contributed by atoms with Gasteiger partial charge in [-0.2, -0.15) is 0 Å². The molecule has 0 bridgehead atoms. The fourth-order valence-electron chi connectivity index (χ4n) is 8.84. The molecule has 0 saturated carbocycles. The Morgan fingerprint density at radius 1 is 0.452 bits per heavy atom. The van der Waals surface area contributed by atoms with Crippen molar-refractivity contribution in [3.05, 3.63) is 12.2 Å². The molecule has 3 atom stereocenters. The van der Waals surface area contributed by atoms with Crippen LogP contribution in [0.25, 0.3) is 0 Å². The van der Waals surface area contributed by atoms with Crippen molar-refractivity contribution in [2.24, 2.45) is 0 Å². The third-order valence-electron chi connectivity index (χ3n) is 13.1. The van der Waals surface area contributed by atoms with Gasteiger partial charge in [-0.1, -0.05) is 258 Å². The fourth-order valence-corrected chi connectivity index (χ4v) is 8.84. The summed E-state index contributed by atoms with van der Waals surface area (Å²) < 4.78 is 5.95. The molecular weight excluding hydrogens is 767 g/mol. The van der Waals surface area contributed by atoms with E-state index in [0.29, 0.717) is 19.3 Å². The minimum absolute atomic E-state index is 0.0793. The van der Waals surface area contributed by atoms with Crippen LogP contribution in [0.5, 0.6) is 0 Å². The van der Waals surface area contributed by atoms with Crippen molar-refractivity contribution in [2.75, 3.05) is 6.61 Å². The van der Waals surface area contributed by atoms with Gasteiger partial charge in [-0.25, -0.2) is 0 Å². The van der Waals surface area contributed by atoms with Gasteiger partial charge in [0.2, 0.25) is 5.91 Å². The molecule has 6 nitrogen and oxygen atoms in total. The number of hydrogen-bond donors (Lipinski definition) is 3. The molecule has 0 fully saturated rings. The summed E-state index contributed by atoms with van der Waals surface area (Å²) in [6.07, 6.45) is 57.0. The van der Waals surface area contributed by atoms with Crippen molar-refractivity contribution in [2.45, 2.75) is 328 Å². The minimum Gasteiger partial charge on any atom is -0.462 e. The molecule has 0 saturated heterocycles. The van der Waals surface area contributed by atoms with Gasteiger partial charge in [-0.05, 0) is 51.4 Å². The second-order valence-corrected chi connectivity index (χ2v) is 19.3. The van der Waals surface area contributed by atoms with E-state index < -0.39 is 18.2 Å². The molecule has 3 N–H and O–H groups in total. The summed E-state index contributed by atoms with van der Waals surface area (Å²) >= 11 is 0. The van der Waals surface area contributed by atoms with Crippen LogP contribution in [0.4, 0.5) is 0 Å². The lowest BCUT2D eigenvalue weighted by molar-refractivity contribution is -0.151. The van der Waals surface area contributed by atoms with E-state index in [4.69, 9.17) is 4.74 Å². The Balaban J connectivity index is 4.53. The van der Waals surface area contributed by atoms with Crippen LogP contribution in [0.1, 0.15) is 310 Å². The van der Waals surface area contributed by atoms with E-state index in [-0.39, 0.29) is 24.9 Å². The maximum atomic E-state index is 13.2. The Kier molecular flexibility index (Phi) is 49.5.